The van der Waals surface area contributed by atoms with E-state index in [0.29, 0.717) is 16.7 Å². The molecule has 1 unspecified atom stereocenters. The zero-order valence-electron chi connectivity index (χ0n) is 15.0. The lowest BCUT2D eigenvalue weighted by Gasteiger charge is -2.32. The predicted molar refractivity (Wildman–Crippen MR) is 95.0 cm³/mol. The van der Waals surface area contributed by atoms with Gasteiger partial charge in [0.25, 0.3) is 0 Å². The Morgan fingerprint density at radius 3 is 2.81 bits per heavy atom. The molecule has 10 heteroatoms. The van der Waals surface area contributed by atoms with Crippen LogP contribution in [-0.2, 0) is 4.79 Å². The number of pyridine rings is 1. The molecule has 0 aliphatic carbocycles. The van der Waals surface area contributed by atoms with E-state index in [4.69, 9.17) is 5.11 Å². The van der Waals surface area contributed by atoms with E-state index in [0.717, 1.165) is 12.4 Å². The molecule has 2 aromatic rings. The van der Waals surface area contributed by atoms with Crippen LogP contribution in [0.15, 0.2) is 29.3 Å². The maximum atomic E-state index is 14.3. The molecule has 4 N–H and O–H groups in total. The van der Waals surface area contributed by atoms with Gasteiger partial charge in [0.2, 0.25) is 0 Å². The number of nitrogens with one attached hydrogen (secondary N) is 3. The van der Waals surface area contributed by atoms with Crippen LogP contribution in [-0.4, -0.2) is 38.1 Å². The molecule has 1 aliphatic heterocycles. The lowest BCUT2D eigenvalue weighted by molar-refractivity contribution is -0.138. The Morgan fingerprint density at radius 1 is 1.41 bits per heavy atom. The molecule has 0 aromatic carbocycles. The van der Waals surface area contributed by atoms with Crippen LogP contribution < -0.4 is 10.6 Å². The summed E-state index contributed by atoms with van der Waals surface area (Å²) in [5, 5.41) is 22.0. The van der Waals surface area contributed by atoms with E-state index in [1.807, 2.05) is 20.8 Å². The number of aliphatic imine (C=N–C) groups is 1. The lowest BCUT2D eigenvalue weighted by atomic mass is 9.84. The van der Waals surface area contributed by atoms with E-state index in [-0.39, 0.29) is 12.3 Å². The van der Waals surface area contributed by atoms with Crippen molar-refractivity contribution in [1.29, 1.82) is 0 Å². The summed E-state index contributed by atoms with van der Waals surface area (Å²) in [5.41, 5.74) is 0.283. The molecule has 0 fully saturated rings. The molecule has 1 aliphatic rings. The minimum absolute atomic E-state index is 0.0829. The van der Waals surface area contributed by atoms with Crippen LogP contribution in [0.25, 0.3) is 11.0 Å². The second-order valence-corrected chi connectivity index (χ2v) is 7.36. The predicted octanol–water partition coefficient (Wildman–Crippen LogP) is 2.39. The van der Waals surface area contributed by atoms with E-state index in [1.165, 1.54) is 6.07 Å². The number of carbonyl (C=O) groups is 1. The molecule has 0 radical (unpaired) electrons. The fraction of sp³-hybridized carbons (Fsp3) is 0.412. The molecule has 2 aromatic heterocycles. The third-order valence-electron chi connectivity index (χ3n) is 4.26. The molecule has 2 atom stereocenters. The van der Waals surface area contributed by atoms with Crippen LogP contribution in [0, 0.1) is 11.2 Å². The number of hydrogen-bond donors (Lipinski definition) is 4. The van der Waals surface area contributed by atoms with Crippen molar-refractivity contribution < 1.29 is 18.7 Å². The number of nitrogens with zero attached hydrogens (tertiary/aromatic N) is 3. The first-order chi connectivity index (χ1) is 12.6. The zero-order valence-corrected chi connectivity index (χ0v) is 15.0. The van der Waals surface area contributed by atoms with Gasteiger partial charge in [-0.15, -0.1) is 0 Å². The van der Waals surface area contributed by atoms with Crippen molar-refractivity contribution in [3.05, 3.63) is 35.8 Å². The molecule has 0 bridgehead atoms. The van der Waals surface area contributed by atoms with Gasteiger partial charge in [0.05, 0.1) is 12.6 Å². The highest BCUT2D eigenvalue weighted by Gasteiger charge is 2.31. The molecule has 0 spiro atoms. The molecular weight excluding hydrogens is 358 g/mol. The number of hydrogen-bond acceptors (Lipinski definition) is 6. The molecule has 0 saturated heterocycles. The Kier molecular flexibility index (Phi) is 4.81. The van der Waals surface area contributed by atoms with E-state index in [1.54, 1.807) is 0 Å². The van der Waals surface area contributed by atoms with E-state index in [2.05, 4.69) is 30.8 Å². The van der Waals surface area contributed by atoms with Crippen LogP contribution in [0.4, 0.5) is 8.78 Å². The van der Waals surface area contributed by atoms with Crippen molar-refractivity contribution in [3.63, 3.8) is 0 Å². The average Bonchev–Trinajstić information content (AvgIpc) is 2.98. The third-order valence-corrected chi connectivity index (χ3v) is 4.26. The third kappa shape index (κ3) is 4.04. The van der Waals surface area contributed by atoms with Crippen LogP contribution in [0.3, 0.4) is 0 Å². The highest BCUT2D eigenvalue weighted by molar-refractivity contribution is 5.97. The highest BCUT2D eigenvalue weighted by Crippen LogP contribution is 2.27. The summed E-state index contributed by atoms with van der Waals surface area (Å²) in [7, 11) is 0. The number of aromatic nitrogens is 3. The smallest absolute Gasteiger partial charge is 0.305 e. The second-order valence-electron chi connectivity index (χ2n) is 7.36. The number of H-pyrrole nitrogens is 1. The normalized spacial score (nSPS) is 18.5. The number of carboxylic acid groups (broad SMARTS) is 1. The van der Waals surface area contributed by atoms with Crippen molar-refractivity contribution >= 4 is 22.8 Å². The zero-order chi connectivity index (χ0) is 19.8. The highest BCUT2D eigenvalue weighted by atomic mass is 19.1. The van der Waals surface area contributed by atoms with Crippen LogP contribution in [0.2, 0.25) is 0 Å². The fourth-order valence-corrected chi connectivity index (χ4v) is 2.71. The summed E-state index contributed by atoms with van der Waals surface area (Å²) >= 11 is 0. The van der Waals surface area contributed by atoms with Crippen molar-refractivity contribution in [2.24, 2.45) is 10.4 Å². The van der Waals surface area contributed by atoms with Crippen molar-refractivity contribution in [2.45, 2.75) is 39.4 Å². The van der Waals surface area contributed by atoms with Gasteiger partial charge >= 0.3 is 5.97 Å². The van der Waals surface area contributed by atoms with Gasteiger partial charge in [-0.1, -0.05) is 20.8 Å². The Balaban J connectivity index is 1.92. The van der Waals surface area contributed by atoms with Crippen LogP contribution in [0.5, 0.6) is 0 Å². The van der Waals surface area contributed by atoms with Gasteiger partial charge in [0.15, 0.2) is 23.5 Å². The number of rotatable bonds is 4. The number of halogens is 2. The van der Waals surface area contributed by atoms with E-state index < -0.39 is 35.2 Å². The molecule has 3 heterocycles. The number of amidine groups is 1. The number of fused-ring (bicyclic) bond motifs is 1. The topological polar surface area (TPSA) is 115 Å². The fourth-order valence-electron chi connectivity index (χ4n) is 2.71. The molecule has 8 nitrogen and oxygen atoms in total. The summed E-state index contributed by atoms with van der Waals surface area (Å²) in [6, 6.07) is 0.712. The maximum Gasteiger partial charge on any atom is 0.305 e. The van der Waals surface area contributed by atoms with E-state index in [9.17, 15) is 13.6 Å². The van der Waals surface area contributed by atoms with Gasteiger partial charge in [-0.25, -0.2) is 18.8 Å². The first-order valence-electron chi connectivity index (χ1n) is 8.33. The monoisotopic (exact) mass is 378 g/mol. The Labute approximate surface area is 153 Å². The Morgan fingerprint density at radius 2 is 2.15 bits per heavy atom. The number of carboxylic acids is 1. The quantitative estimate of drug-likeness (QED) is 0.649. The lowest BCUT2D eigenvalue weighted by Crippen LogP contribution is -2.46. The van der Waals surface area contributed by atoms with Crippen molar-refractivity contribution in [2.75, 3.05) is 0 Å². The molecule has 144 valence electrons. The summed E-state index contributed by atoms with van der Waals surface area (Å²) in [5.74, 6) is -2.27. The molecule has 3 rings (SSSR count). The van der Waals surface area contributed by atoms with Gasteiger partial charge in [0, 0.05) is 17.6 Å². The van der Waals surface area contributed by atoms with Crippen molar-refractivity contribution in [1.82, 2.24) is 25.8 Å². The Hall–Kier alpha value is -3.04. The molecule has 0 saturated carbocycles. The average molecular weight is 378 g/mol. The van der Waals surface area contributed by atoms with Gasteiger partial charge in [0.1, 0.15) is 11.5 Å². The summed E-state index contributed by atoms with van der Waals surface area (Å²) in [4.78, 5) is 19.3. The minimum atomic E-state index is -1.00. The largest absolute Gasteiger partial charge is 0.481 e. The van der Waals surface area contributed by atoms with Gasteiger partial charge in [-0.05, 0) is 11.5 Å². The van der Waals surface area contributed by atoms with Crippen LogP contribution >= 0.6 is 0 Å². The number of aromatic amines is 1. The molecule has 0 amide bonds. The maximum absolute atomic E-state index is 14.3. The second kappa shape index (κ2) is 6.93. The number of aliphatic carboxylic acids is 1. The summed E-state index contributed by atoms with van der Waals surface area (Å²) in [6.45, 7) is 5.55. The Bertz CT molecular complexity index is 931. The van der Waals surface area contributed by atoms with Crippen molar-refractivity contribution in [3.8, 4) is 0 Å². The molecule has 27 heavy (non-hydrogen) atoms. The minimum Gasteiger partial charge on any atom is -0.481 e. The standard InChI is InChI=1S/C17H20F2N6O2/c1-17(2,3)11(5-12(26)27)22-15-10(19)7-21-16(23-15)13-9-4-8(18)6-20-14(9)25-24-13/h4,6-7,11,16,21H,5H2,1-3H3,(H,22,23)(H,26,27)(H,20,24,25)/t11-,16?/m1/s1. The molecular formula is C17H20F2N6O2. The van der Waals surface area contributed by atoms with Gasteiger partial charge in [-0.3, -0.25) is 9.89 Å². The van der Waals surface area contributed by atoms with E-state index >= 15 is 0 Å². The SMILES string of the molecule is CC(C)(C)[C@@H](CC(=O)O)NC1=NC(c2n[nH]c3ncc(F)cc23)NC=C1F. The van der Waals surface area contributed by atoms with Gasteiger partial charge in [-0.2, -0.15) is 5.10 Å². The van der Waals surface area contributed by atoms with Crippen LogP contribution in [0.1, 0.15) is 39.1 Å². The summed E-state index contributed by atoms with van der Waals surface area (Å²) in [6.07, 6.45) is 1.20. The first kappa shape index (κ1) is 18.7. The first-order valence-corrected chi connectivity index (χ1v) is 8.33. The van der Waals surface area contributed by atoms with Gasteiger partial charge < -0.3 is 15.7 Å². The summed E-state index contributed by atoms with van der Waals surface area (Å²) < 4.78 is 27.8.